The maximum absolute atomic E-state index is 13.9. The second-order valence-corrected chi connectivity index (χ2v) is 7.36. The lowest BCUT2D eigenvalue weighted by Gasteiger charge is -2.41. The van der Waals surface area contributed by atoms with Gasteiger partial charge in [0.1, 0.15) is 5.82 Å². The largest absolute Gasteiger partial charge is 0.349 e. The SMILES string of the molecule is CC(C)(C)N1CCC(NC(=O)c2cccc(Br)c2F)CC1. The summed E-state index contributed by atoms with van der Waals surface area (Å²) in [5, 5.41) is 2.95. The molecule has 0 bridgehead atoms. The lowest BCUT2D eigenvalue weighted by molar-refractivity contribution is 0.0810. The fraction of sp³-hybridized carbons (Fsp3) is 0.562. The van der Waals surface area contributed by atoms with E-state index in [-0.39, 0.29) is 23.1 Å². The molecule has 0 aromatic heterocycles. The van der Waals surface area contributed by atoms with Crippen molar-refractivity contribution in [2.45, 2.75) is 45.2 Å². The van der Waals surface area contributed by atoms with Gasteiger partial charge in [0.15, 0.2) is 0 Å². The molecule has 0 unspecified atom stereocenters. The van der Waals surface area contributed by atoms with Crippen LogP contribution in [0.4, 0.5) is 4.39 Å². The van der Waals surface area contributed by atoms with Crippen LogP contribution in [-0.4, -0.2) is 35.5 Å². The molecule has 2 rings (SSSR count). The number of carbonyl (C=O) groups excluding carboxylic acids is 1. The minimum atomic E-state index is -0.498. The zero-order chi connectivity index (χ0) is 15.6. The molecule has 1 amide bonds. The van der Waals surface area contributed by atoms with Gasteiger partial charge in [-0.05, 0) is 61.7 Å². The molecular formula is C16H22BrFN2O. The van der Waals surface area contributed by atoms with E-state index in [1.165, 1.54) is 6.07 Å². The lowest BCUT2D eigenvalue weighted by atomic mass is 9.98. The standard InChI is InChI=1S/C16H22BrFN2O/c1-16(2,3)20-9-7-11(8-10-20)19-15(21)12-5-4-6-13(17)14(12)18/h4-6,11H,7-10H2,1-3H3,(H,19,21). The van der Waals surface area contributed by atoms with E-state index in [1.807, 2.05) is 0 Å². The van der Waals surface area contributed by atoms with Crippen LogP contribution in [0.15, 0.2) is 22.7 Å². The molecule has 0 saturated carbocycles. The van der Waals surface area contributed by atoms with Crippen molar-refractivity contribution >= 4 is 21.8 Å². The molecule has 0 atom stereocenters. The predicted octanol–water partition coefficient (Wildman–Crippen LogP) is 3.58. The molecule has 116 valence electrons. The Morgan fingerprint density at radius 3 is 2.52 bits per heavy atom. The molecule has 1 aliphatic rings. The number of halogens is 2. The smallest absolute Gasteiger partial charge is 0.254 e. The molecule has 1 aliphatic heterocycles. The molecule has 5 heteroatoms. The Hall–Kier alpha value is -0.940. The quantitative estimate of drug-likeness (QED) is 0.878. The second kappa shape index (κ2) is 6.44. The van der Waals surface area contributed by atoms with Gasteiger partial charge in [0.05, 0.1) is 10.0 Å². The number of nitrogens with zero attached hydrogens (tertiary/aromatic N) is 1. The Balaban J connectivity index is 1.95. The van der Waals surface area contributed by atoms with Crippen LogP contribution in [0, 0.1) is 5.82 Å². The van der Waals surface area contributed by atoms with E-state index < -0.39 is 5.82 Å². The van der Waals surface area contributed by atoms with E-state index in [0.29, 0.717) is 4.47 Å². The number of carbonyl (C=O) groups is 1. The van der Waals surface area contributed by atoms with Gasteiger partial charge in [-0.3, -0.25) is 9.69 Å². The van der Waals surface area contributed by atoms with Crippen molar-refractivity contribution in [2.24, 2.45) is 0 Å². The van der Waals surface area contributed by atoms with Gasteiger partial charge >= 0.3 is 0 Å². The third-order valence-corrected chi connectivity index (χ3v) is 4.59. The lowest BCUT2D eigenvalue weighted by Crippen LogP contribution is -2.50. The van der Waals surface area contributed by atoms with Gasteiger partial charge in [0.25, 0.3) is 5.91 Å². The molecule has 21 heavy (non-hydrogen) atoms. The normalized spacial score (nSPS) is 17.8. The summed E-state index contributed by atoms with van der Waals surface area (Å²) in [5.41, 5.74) is 0.258. The summed E-state index contributed by atoms with van der Waals surface area (Å²) in [5.74, 6) is -0.829. The van der Waals surface area contributed by atoms with Gasteiger partial charge in [0.2, 0.25) is 0 Å². The average Bonchev–Trinajstić information content (AvgIpc) is 2.41. The maximum atomic E-state index is 13.9. The summed E-state index contributed by atoms with van der Waals surface area (Å²) in [4.78, 5) is 14.6. The third kappa shape index (κ3) is 4.04. The molecule has 1 fully saturated rings. The summed E-state index contributed by atoms with van der Waals surface area (Å²) >= 11 is 3.11. The van der Waals surface area contributed by atoms with Gasteiger partial charge in [0, 0.05) is 24.7 Å². The number of rotatable bonds is 2. The summed E-state index contributed by atoms with van der Waals surface area (Å²) in [6.45, 7) is 8.50. The predicted molar refractivity (Wildman–Crippen MR) is 85.9 cm³/mol. The minimum Gasteiger partial charge on any atom is -0.349 e. The molecule has 1 N–H and O–H groups in total. The van der Waals surface area contributed by atoms with Crippen LogP contribution in [0.1, 0.15) is 44.0 Å². The minimum absolute atomic E-state index is 0.0997. The summed E-state index contributed by atoms with van der Waals surface area (Å²) < 4.78 is 14.2. The molecule has 3 nitrogen and oxygen atoms in total. The topological polar surface area (TPSA) is 32.3 Å². The number of nitrogens with one attached hydrogen (secondary N) is 1. The van der Waals surface area contributed by atoms with Gasteiger partial charge in [-0.15, -0.1) is 0 Å². The summed E-state index contributed by atoms with van der Waals surface area (Å²) in [6, 6.07) is 4.90. The van der Waals surface area contributed by atoms with E-state index in [1.54, 1.807) is 12.1 Å². The first kappa shape index (κ1) is 16.4. The van der Waals surface area contributed by atoms with Crippen molar-refractivity contribution in [1.29, 1.82) is 0 Å². The summed E-state index contributed by atoms with van der Waals surface area (Å²) in [7, 11) is 0. The van der Waals surface area contributed by atoms with Gasteiger partial charge in [-0.2, -0.15) is 0 Å². The van der Waals surface area contributed by atoms with Crippen molar-refractivity contribution in [3.8, 4) is 0 Å². The number of piperidine rings is 1. The average molecular weight is 357 g/mol. The highest BCUT2D eigenvalue weighted by Crippen LogP contribution is 2.22. The fourth-order valence-corrected chi connectivity index (χ4v) is 3.00. The molecule has 1 heterocycles. The van der Waals surface area contributed by atoms with E-state index in [9.17, 15) is 9.18 Å². The number of hydrogen-bond donors (Lipinski definition) is 1. The number of hydrogen-bond acceptors (Lipinski definition) is 2. The van der Waals surface area contributed by atoms with E-state index >= 15 is 0 Å². The highest BCUT2D eigenvalue weighted by molar-refractivity contribution is 9.10. The Bertz CT molecular complexity index is 519. The molecule has 0 aliphatic carbocycles. The van der Waals surface area contributed by atoms with Crippen LogP contribution in [0.2, 0.25) is 0 Å². The number of benzene rings is 1. The molecular weight excluding hydrogens is 335 g/mol. The summed E-state index contributed by atoms with van der Waals surface area (Å²) in [6.07, 6.45) is 1.80. The van der Waals surface area contributed by atoms with Gasteiger partial charge in [-0.25, -0.2) is 4.39 Å². The van der Waals surface area contributed by atoms with Crippen molar-refractivity contribution in [3.63, 3.8) is 0 Å². The van der Waals surface area contributed by atoms with Crippen molar-refractivity contribution in [3.05, 3.63) is 34.1 Å². The second-order valence-electron chi connectivity index (χ2n) is 6.51. The van der Waals surface area contributed by atoms with Crippen molar-refractivity contribution in [2.75, 3.05) is 13.1 Å². The van der Waals surface area contributed by atoms with E-state index in [2.05, 4.69) is 46.9 Å². The van der Waals surface area contributed by atoms with Crippen LogP contribution in [-0.2, 0) is 0 Å². The molecule has 1 aromatic rings. The highest BCUT2D eigenvalue weighted by Gasteiger charge is 2.28. The van der Waals surface area contributed by atoms with E-state index in [0.717, 1.165) is 25.9 Å². The van der Waals surface area contributed by atoms with Crippen LogP contribution >= 0.6 is 15.9 Å². The fourth-order valence-electron chi connectivity index (χ4n) is 2.64. The van der Waals surface area contributed by atoms with Crippen molar-refractivity contribution in [1.82, 2.24) is 10.2 Å². The monoisotopic (exact) mass is 356 g/mol. The molecule has 1 saturated heterocycles. The first-order valence-electron chi connectivity index (χ1n) is 7.29. The van der Waals surface area contributed by atoms with Crippen LogP contribution < -0.4 is 5.32 Å². The third-order valence-electron chi connectivity index (χ3n) is 3.98. The number of likely N-dealkylation sites (tertiary alicyclic amines) is 1. The first-order valence-corrected chi connectivity index (χ1v) is 8.08. The Morgan fingerprint density at radius 1 is 1.33 bits per heavy atom. The van der Waals surface area contributed by atoms with Gasteiger partial charge in [-0.1, -0.05) is 6.07 Å². The van der Waals surface area contributed by atoms with E-state index in [4.69, 9.17) is 0 Å². The highest BCUT2D eigenvalue weighted by atomic mass is 79.9. The van der Waals surface area contributed by atoms with Crippen molar-refractivity contribution < 1.29 is 9.18 Å². The van der Waals surface area contributed by atoms with Gasteiger partial charge < -0.3 is 5.32 Å². The zero-order valence-corrected chi connectivity index (χ0v) is 14.3. The Kier molecular flexibility index (Phi) is 5.04. The molecule has 1 aromatic carbocycles. The molecule has 0 spiro atoms. The maximum Gasteiger partial charge on any atom is 0.254 e. The Labute approximate surface area is 134 Å². The zero-order valence-electron chi connectivity index (χ0n) is 12.7. The Morgan fingerprint density at radius 2 is 1.95 bits per heavy atom. The number of amides is 1. The van der Waals surface area contributed by atoms with Crippen LogP contribution in [0.25, 0.3) is 0 Å². The molecule has 0 radical (unpaired) electrons. The van der Waals surface area contributed by atoms with Crippen LogP contribution in [0.3, 0.4) is 0 Å². The first-order chi connectivity index (χ1) is 9.79. The van der Waals surface area contributed by atoms with Crippen LogP contribution in [0.5, 0.6) is 0 Å².